The lowest BCUT2D eigenvalue weighted by Gasteiger charge is -2.03. The fourth-order valence-electron chi connectivity index (χ4n) is 2.39. The minimum absolute atomic E-state index is 0.299. The number of hydrogen-bond acceptors (Lipinski definition) is 4. The van der Waals surface area contributed by atoms with Crippen molar-refractivity contribution in [1.82, 2.24) is 0 Å². The van der Waals surface area contributed by atoms with Crippen LogP contribution < -0.4 is 4.74 Å². The van der Waals surface area contributed by atoms with E-state index < -0.39 is 5.97 Å². The van der Waals surface area contributed by atoms with E-state index in [1.165, 1.54) is 5.56 Å². The van der Waals surface area contributed by atoms with E-state index >= 15 is 0 Å². The number of carbonyl (C=O) groups is 1. The average Bonchev–Trinajstić information content (AvgIpc) is 2.93. The summed E-state index contributed by atoms with van der Waals surface area (Å²) in [4.78, 5) is 16.4. The lowest BCUT2D eigenvalue weighted by Crippen LogP contribution is -2.05. The first-order valence-corrected chi connectivity index (χ1v) is 7.90. The van der Waals surface area contributed by atoms with E-state index in [4.69, 9.17) is 9.47 Å². The minimum atomic E-state index is -0.433. The van der Waals surface area contributed by atoms with Crippen LogP contribution in [0.4, 0.5) is 0 Å². The van der Waals surface area contributed by atoms with Gasteiger partial charge < -0.3 is 9.47 Å². The van der Waals surface area contributed by atoms with Crippen molar-refractivity contribution < 1.29 is 14.3 Å². The first kappa shape index (κ1) is 16.0. The molecule has 0 fully saturated rings. The number of aliphatic imine (C=N–C) groups is 1. The largest absolute Gasteiger partial charge is 0.494 e. The van der Waals surface area contributed by atoms with Gasteiger partial charge in [0.25, 0.3) is 0 Å². The fourth-order valence-corrected chi connectivity index (χ4v) is 2.39. The van der Waals surface area contributed by atoms with Crippen LogP contribution in [0.5, 0.6) is 5.75 Å². The van der Waals surface area contributed by atoms with Crippen molar-refractivity contribution in [3.05, 3.63) is 70.4 Å². The minimum Gasteiger partial charge on any atom is -0.494 e. The Morgan fingerprint density at radius 3 is 2.50 bits per heavy atom. The van der Waals surface area contributed by atoms with E-state index in [0.29, 0.717) is 18.2 Å². The molecule has 1 heterocycles. The van der Waals surface area contributed by atoms with Gasteiger partial charge in [0.2, 0.25) is 5.90 Å². The molecule has 122 valence electrons. The molecule has 1 aliphatic rings. The summed E-state index contributed by atoms with van der Waals surface area (Å²) in [5.74, 6) is 0.713. The Balaban J connectivity index is 1.86. The second-order valence-corrected chi connectivity index (χ2v) is 5.64. The Morgan fingerprint density at radius 1 is 1.08 bits per heavy atom. The number of cyclic esters (lactones) is 1. The number of esters is 1. The van der Waals surface area contributed by atoms with E-state index in [2.05, 4.69) is 4.99 Å². The van der Waals surface area contributed by atoms with E-state index in [0.717, 1.165) is 22.4 Å². The predicted molar refractivity (Wildman–Crippen MR) is 94.1 cm³/mol. The van der Waals surface area contributed by atoms with Crippen molar-refractivity contribution in [2.24, 2.45) is 4.99 Å². The van der Waals surface area contributed by atoms with Gasteiger partial charge in [0.05, 0.1) is 6.61 Å². The quantitative estimate of drug-likeness (QED) is 0.630. The molecular weight excluding hydrogens is 302 g/mol. The van der Waals surface area contributed by atoms with E-state index in [9.17, 15) is 4.79 Å². The van der Waals surface area contributed by atoms with Crippen molar-refractivity contribution in [2.75, 3.05) is 6.61 Å². The van der Waals surface area contributed by atoms with Crippen molar-refractivity contribution in [1.29, 1.82) is 0 Å². The summed E-state index contributed by atoms with van der Waals surface area (Å²) < 4.78 is 10.7. The third-order valence-electron chi connectivity index (χ3n) is 3.87. The summed E-state index contributed by atoms with van der Waals surface area (Å²) in [5.41, 5.74) is 4.30. The Morgan fingerprint density at radius 2 is 1.83 bits per heavy atom. The molecule has 4 heteroatoms. The summed E-state index contributed by atoms with van der Waals surface area (Å²) >= 11 is 0. The summed E-state index contributed by atoms with van der Waals surface area (Å²) in [6.45, 7) is 6.62. The molecule has 0 amide bonds. The lowest BCUT2D eigenvalue weighted by atomic mass is 10.1. The molecule has 0 saturated heterocycles. The van der Waals surface area contributed by atoms with Crippen LogP contribution in [0.25, 0.3) is 6.08 Å². The van der Waals surface area contributed by atoms with Gasteiger partial charge in [-0.25, -0.2) is 9.79 Å². The van der Waals surface area contributed by atoms with Crippen LogP contribution in [-0.4, -0.2) is 18.5 Å². The van der Waals surface area contributed by atoms with E-state index in [1.807, 2.05) is 63.2 Å². The molecule has 2 aromatic rings. The number of hydrogen-bond donors (Lipinski definition) is 0. The maximum Gasteiger partial charge on any atom is 0.363 e. The van der Waals surface area contributed by atoms with E-state index in [-0.39, 0.29) is 0 Å². The molecular formula is C20H19NO3. The summed E-state index contributed by atoms with van der Waals surface area (Å²) in [7, 11) is 0. The molecule has 2 aromatic carbocycles. The zero-order chi connectivity index (χ0) is 17.1. The van der Waals surface area contributed by atoms with Gasteiger partial charge in [-0.2, -0.15) is 0 Å². The van der Waals surface area contributed by atoms with Crippen LogP contribution in [-0.2, 0) is 9.53 Å². The predicted octanol–water partition coefficient (Wildman–Crippen LogP) is 4.05. The summed E-state index contributed by atoms with van der Waals surface area (Å²) in [5, 5.41) is 0. The van der Waals surface area contributed by atoms with Gasteiger partial charge in [-0.3, -0.25) is 0 Å². The highest BCUT2D eigenvalue weighted by atomic mass is 16.6. The molecule has 24 heavy (non-hydrogen) atoms. The topological polar surface area (TPSA) is 47.9 Å². The molecule has 0 bridgehead atoms. The van der Waals surface area contributed by atoms with Crippen molar-refractivity contribution in [2.45, 2.75) is 20.8 Å². The third-order valence-corrected chi connectivity index (χ3v) is 3.87. The third kappa shape index (κ3) is 3.38. The Labute approximate surface area is 141 Å². The SMILES string of the molecule is CCOc1ccc(C=C2N=C(c3ccc(C)c(C)c3)OC2=O)cc1. The van der Waals surface area contributed by atoms with Crippen LogP contribution in [0.1, 0.15) is 29.2 Å². The smallest absolute Gasteiger partial charge is 0.363 e. The second kappa shape index (κ2) is 6.71. The average molecular weight is 321 g/mol. The molecule has 0 aliphatic carbocycles. The van der Waals surface area contributed by atoms with E-state index in [1.54, 1.807) is 6.08 Å². The first-order chi connectivity index (χ1) is 11.6. The number of benzene rings is 2. The fraction of sp³-hybridized carbons (Fsp3) is 0.200. The zero-order valence-electron chi connectivity index (χ0n) is 14.0. The van der Waals surface area contributed by atoms with Crippen molar-refractivity contribution >= 4 is 17.9 Å². The highest BCUT2D eigenvalue weighted by Crippen LogP contribution is 2.21. The number of ether oxygens (including phenoxy) is 2. The van der Waals surface area contributed by atoms with Gasteiger partial charge in [0.15, 0.2) is 5.70 Å². The van der Waals surface area contributed by atoms with Gasteiger partial charge in [0.1, 0.15) is 5.75 Å². The number of aryl methyl sites for hydroxylation is 2. The van der Waals surface area contributed by atoms with Gasteiger partial charge >= 0.3 is 5.97 Å². The molecule has 0 saturated carbocycles. The summed E-state index contributed by atoms with van der Waals surface area (Å²) in [6.07, 6.45) is 1.71. The normalized spacial score (nSPS) is 15.4. The molecule has 1 aliphatic heterocycles. The highest BCUT2D eigenvalue weighted by Gasteiger charge is 2.24. The maximum absolute atomic E-state index is 12.1. The van der Waals surface area contributed by atoms with Gasteiger partial charge in [-0.1, -0.05) is 18.2 Å². The molecule has 0 radical (unpaired) electrons. The monoisotopic (exact) mass is 321 g/mol. The Bertz CT molecular complexity index is 832. The second-order valence-electron chi connectivity index (χ2n) is 5.64. The lowest BCUT2D eigenvalue weighted by molar-refractivity contribution is -0.129. The Hall–Kier alpha value is -2.88. The standard InChI is InChI=1S/C20H19NO3/c1-4-23-17-9-6-15(7-10-17)12-18-20(22)24-19(21-18)16-8-5-13(2)14(3)11-16/h5-12H,4H2,1-3H3. The number of rotatable bonds is 4. The van der Waals surface area contributed by atoms with Crippen LogP contribution in [0.2, 0.25) is 0 Å². The molecule has 0 unspecified atom stereocenters. The van der Waals surface area contributed by atoms with Crippen LogP contribution in [0.3, 0.4) is 0 Å². The molecule has 0 atom stereocenters. The van der Waals surface area contributed by atoms with Gasteiger partial charge in [-0.05, 0) is 67.8 Å². The molecule has 0 N–H and O–H groups in total. The maximum atomic E-state index is 12.1. The van der Waals surface area contributed by atoms with Gasteiger partial charge in [-0.15, -0.1) is 0 Å². The molecule has 3 rings (SSSR count). The summed E-state index contributed by atoms with van der Waals surface area (Å²) in [6, 6.07) is 13.4. The van der Waals surface area contributed by atoms with Crippen molar-refractivity contribution in [3.63, 3.8) is 0 Å². The first-order valence-electron chi connectivity index (χ1n) is 7.90. The zero-order valence-corrected chi connectivity index (χ0v) is 14.0. The number of carbonyl (C=O) groups excluding carboxylic acids is 1. The van der Waals surface area contributed by atoms with Crippen molar-refractivity contribution in [3.8, 4) is 5.75 Å². The molecule has 4 nitrogen and oxygen atoms in total. The highest BCUT2D eigenvalue weighted by molar-refractivity contribution is 6.12. The molecule has 0 aromatic heterocycles. The Kier molecular flexibility index (Phi) is 4.47. The number of nitrogens with zero attached hydrogens (tertiary/aromatic N) is 1. The van der Waals surface area contributed by atoms with Crippen LogP contribution in [0.15, 0.2) is 53.2 Å². The van der Waals surface area contributed by atoms with Crippen LogP contribution >= 0.6 is 0 Å². The van der Waals surface area contributed by atoms with Gasteiger partial charge in [0, 0.05) is 5.56 Å². The molecule has 0 spiro atoms. The van der Waals surface area contributed by atoms with Crippen LogP contribution in [0, 0.1) is 13.8 Å².